The zero-order valence-corrected chi connectivity index (χ0v) is 14.4. The van der Waals surface area contributed by atoms with Crippen LogP contribution >= 0.6 is 0 Å². The van der Waals surface area contributed by atoms with Crippen LogP contribution in [-0.4, -0.2) is 20.6 Å². The van der Waals surface area contributed by atoms with Crippen LogP contribution in [0.5, 0.6) is 0 Å². The lowest BCUT2D eigenvalue weighted by molar-refractivity contribution is -0.727. The minimum atomic E-state index is -1.09. The van der Waals surface area contributed by atoms with E-state index in [0.29, 0.717) is 5.82 Å². The highest BCUT2D eigenvalue weighted by atomic mass is 17.0. The van der Waals surface area contributed by atoms with Crippen LogP contribution in [0.1, 0.15) is 40.5 Å². The van der Waals surface area contributed by atoms with Crippen molar-refractivity contribution in [2.75, 3.05) is 0 Å². The molecule has 1 aliphatic carbocycles. The van der Waals surface area contributed by atoms with E-state index in [1.165, 1.54) is 11.8 Å². The Balaban J connectivity index is 1.88. The molecule has 0 radical (unpaired) electrons. The SMILES string of the molecule is O=C(O[N+](=O)[O-])c1cnc(-c2ccccc2)n1C1CCCc2ccccc21. The summed E-state index contributed by atoms with van der Waals surface area (Å²) in [7, 11) is 0. The fourth-order valence-corrected chi connectivity index (χ4v) is 3.74. The summed E-state index contributed by atoms with van der Waals surface area (Å²) in [6.07, 6.45) is 4.09. The molecule has 7 heteroatoms. The molecule has 1 atom stereocenters. The van der Waals surface area contributed by atoms with E-state index in [1.54, 1.807) is 4.57 Å². The molecular weight excluding hydrogens is 346 g/mol. The van der Waals surface area contributed by atoms with Crippen LogP contribution in [0.4, 0.5) is 0 Å². The number of hydrogen-bond acceptors (Lipinski definition) is 5. The Hall–Kier alpha value is -3.48. The molecule has 0 fully saturated rings. The second-order valence-electron chi connectivity index (χ2n) is 6.41. The Morgan fingerprint density at radius 1 is 1.15 bits per heavy atom. The molecule has 0 saturated carbocycles. The van der Waals surface area contributed by atoms with Crippen molar-refractivity contribution >= 4 is 5.97 Å². The van der Waals surface area contributed by atoms with Gasteiger partial charge < -0.3 is 4.57 Å². The van der Waals surface area contributed by atoms with E-state index < -0.39 is 11.1 Å². The fourth-order valence-electron chi connectivity index (χ4n) is 3.74. The molecule has 0 N–H and O–H groups in total. The molecule has 7 nitrogen and oxygen atoms in total. The lowest BCUT2D eigenvalue weighted by Gasteiger charge is -2.29. The molecule has 0 aliphatic heterocycles. The normalized spacial score (nSPS) is 15.8. The van der Waals surface area contributed by atoms with Crippen molar-refractivity contribution in [1.82, 2.24) is 9.55 Å². The Bertz CT molecular complexity index is 997. The van der Waals surface area contributed by atoms with Crippen LogP contribution in [0, 0.1) is 10.1 Å². The summed E-state index contributed by atoms with van der Waals surface area (Å²) >= 11 is 0. The number of carbonyl (C=O) groups is 1. The van der Waals surface area contributed by atoms with Crippen molar-refractivity contribution < 1.29 is 14.7 Å². The summed E-state index contributed by atoms with van der Waals surface area (Å²) in [5.41, 5.74) is 3.23. The minimum absolute atomic E-state index is 0.0762. The standard InChI is InChI=1S/C20H17N3O4/c24-20(27-23(25)26)18-13-21-19(15-8-2-1-3-9-15)22(18)17-12-6-10-14-7-4-5-11-16(14)17/h1-5,7-9,11,13,17H,6,10,12H2. The van der Waals surface area contributed by atoms with Crippen LogP contribution < -0.4 is 0 Å². The van der Waals surface area contributed by atoms with Gasteiger partial charge in [-0.1, -0.05) is 54.6 Å². The molecule has 1 aliphatic rings. The molecule has 0 bridgehead atoms. The first-order valence-corrected chi connectivity index (χ1v) is 8.72. The lowest BCUT2D eigenvalue weighted by atomic mass is 9.87. The molecule has 0 spiro atoms. The largest absolute Gasteiger partial charge is 0.352 e. The molecule has 4 rings (SSSR count). The summed E-state index contributed by atoms with van der Waals surface area (Å²) in [6, 6.07) is 17.4. The van der Waals surface area contributed by atoms with Crippen molar-refractivity contribution in [1.29, 1.82) is 0 Å². The second kappa shape index (κ2) is 7.03. The van der Waals surface area contributed by atoms with E-state index in [0.717, 1.165) is 30.4 Å². The van der Waals surface area contributed by atoms with Crippen molar-refractivity contribution in [3.63, 3.8) is 0 Å². The third kappa shape index (κ3) is 3.19. The summed E-state index contributed by atoms with van der Waals surface area (Å²) in [5, 5.41) is 9.59. The minimum Gasteiger partial charge on any atom is -0.312 e. The number of benzene rings is 2. The maximum Gasteiger partial charge on any atom is 0.352 e. The average molecular weight is 363 g/mol. The van der Waals surface area contributed by atoms with Gasteiger partial charge >= 0.3 is 11.1 Å². The van der Waals surface area contributed by atoms with Crippen molar-refractivity contribution in [3.05, 3.63) is 87.7 Å². The third-order valence-electron chi connectivity index (χ3n) is 4.84. The molecule has 27 heavy (non-hydrogen) atoms. The summed E-state index contributed by atoms with van der Waals surface area (Å²) in [4.78, 5) is 31.7. The number of aromatic nitrogens is 2. The number of imidazole rings is 1. The van der Waals surface area contributed by atoms with Gasteiger partial charge in [0.05, 0.1) is 12.2 Å². The van der Waals surface area contributed by atoms with Gasteiger partial charge in [-0.15, -0.1) is 10.1 Å². The number of rotatable bonds is 4. The third-order valence-corrected chi connectivity index (χ3v) is 4.84. The van der Waals surface area contributed by atoms with Gasteiger partial charge in [0, 0.05) is 5.56 Å². The van der Waals surface area contributed by atoms with Gasteiger partial charge in [0.2, 0.25) is 0 Å². The molecule has 1 aromatic heterocycles. The lowest BCUT2D eigenvalue weighted by Crippen LogP contribution is -2.23. The van der Waals surface area contributed by atoms with Gasteiger partial charge in [-0.3, -0.25) is 4.79 Å². The van der Waals surface area contributed by atoms with Gasteiger partial charge in [-0.05, 0) is 30.4 Å². The average Bonchev–Trinajstić information content (AvgIpc) is 3.13. The number of fused-ring (bicyclic) bond motifs is 1. The topological polar surface area (TPSA) is 87.3 Å². The molecule has 0 amide bonds. The molecule has 136 valence electrons. The zero-order chi connectivity index (χ0) is 18.8. The summed E-state index contributed by atoms with van der Waals surface area (Å²) in [5.74, 6) is -0.426. The Morgan fingerprint density at radius 2 is 1.89 bits per heavy atom. The summed E-state index contributed by atoms with van der Waals surface area (Å²) in [6.45, 7) is 0. The van der Waals surface area contributed by atoms with Crippen molar-refractivity contribution in [2.24, 2.45) is 0 Å². The highest BCUT2D eigenvalue weighted by Gasteiger charge is 2.29. The van der Waals surface area contributed by atoms with Crippen molar-refractivity contribution in [3.8, 4) is 11.4 Å². The predicted molar refractivity (Wildman–Crippen MR) is 97.6 cm³/mol. The smallest absolute Gasteiger partial charge is 0.312 e. The Morgan fingerprint density at radius 3 is 2.67 bits per heavy atom. The van der Waals surface area contributed by atoms with Crippen LogP contribution in [0.25, 0.3) is 11.4 Å². The number of hydrogen-bond donors (Lipinski definition) is 0. The van der Waals surface area contributed by atoms with Gasteiger partial charge in [0.15, 0.2) is 0 Å². The highest BCUT2D eigenvalue weighted by Crippen LogP contribution is 2.36. The molecule has 1 heterocycles. The number of aryl methyl sites for hydroxylation is 1. The summed E-state index contributed by atoms with van der Waals surface area (Å²) < 4.78 is 1.78. The van der Waals surface area contributed by atoms with Crippen molar-refractivity contribution in [2.45, 2.75) is 25.3 Å². The molecule has 0 saturated heterocycles. The first kappa shape index (κ1) is 17.0. The van der Waals surface area contributed by atoms with Gasteiger partial charge in [0.1, 0.15) is 11.5 Å². The first-order valence-electron chi connectivity index (χ1n) is 8.72. The maximum atomic E-state index is 12.4. The first-order chi connectivity index (χ1) is 13.1. The van der Waals surface area contributed by atoms with Crippen LogP contribution in [0.15, 0.2) is 60.8 Å². The quantitative estimate of drug-likeness (QED) is 0.519. The van der Waals surface area contributed by atoms with E-state index in [1.807, 2.05) is 48.5 Å². The van der Waals surface area contributed by atoms with Gasteiger partial charge in [-0.2, -0.15) is 0 Å². The number of nitrogens with zero attached hydrogens (tertiary/aromatic N) is 3. The van der Waals surface area contributed by atoms with E-state index in [4.69, 9.17) is 0 Å². The van der Waals surface area contributed by atoms with E-state index in [-0.39, 0.29) is 11.7 Å². The predicted octanol–water partition coefficient (Wildman–Crippen LogP) is 3.82. The van der Waals surface area contributed by atoms with Gasteiger partial charge in [0.25, 0.3) is 0 Å². The van der Waals surface area contributed by atoms with E-state index >= 15 is 0 Å². The fraction of sp³-hybridized carbons (Fsp3) is 0.200. The van der Waals surface area contributed by atoms with Crippen LogP contribution in [0.3, 0.4) is 0 Å². The highest BCUT2D eigenvalue weighted by molar-refractivity contribution is 5.88. The van der Waals surface area contributed by atoms with Crippen LogP contribution in [0.2, 0.25) is 0 Å². The molecular formula is C20H17N3O4. The molecule has 1 unspecified atom stereocenters. The van der Waals surface area contributed by atoms with Crippen LogP contribution in [-0.2, 0) is 11.3 Å². The zero-order valence-electron chi connectivity index (χ0n) is 14.4. The second-order valence-corrected chi connectivity index (χ2v) is 6.41. The van der Waals surface area contributed by atoms with E-state index in [2.05, 4.69) is 15.9 Å². The number of carbonyl (C=O) groups excluding carboxylic acids is 1. The Labute approximate surface area is 155 Å². The maximum absolute atomic E-state index is 12.4. The monoisotopic (exact) mass is 363 g/mol. The Kier molecular flexibility index (Phi) is 4.42. The molecule has 2 aromatic carbocycles. The van der Waals surface area contributed by atoms with E-state index in [9.17, 15) is 14.9 Å². The van der Waals surface area contributed by atoms with Gasteiger partial charge in [-0.25, -0.2) is 9.82 Å². The molecule has 3 aromatic rings.